The second kappa shape index (κ2) is 7.68. The van der Waals surface area contributed by atoms with Gasteiger partial charge in [0.2, 0.25) is 0 Å². The van der Waals surface area contributed by atoms with E-state index in [9.17, 15) is 14.9 Å². The number of hydrogen-bond donors (Lipinski definition) is 0. The van der Waals surface area contributed by atoms with Gasteiger partial charge < -0.3 is 9.64 Å². The van der Waals surface area contributed by atoms with Crippen molar-refractivity contribution in [3.8, 4) is 11.8 Å². The highest BCUT2D eigenvalue weighted by molar-refractivity contribution is 5.53. The zero-order valence-corrected chi connectivity index (χ0v) is 15.8. The van der Waals surface area contributed by atoms with Gasteiger partial charge in [-0.05, 0) is 17.7 Å². The van der Waals surface area contributed by atoms with Gasteiger partial charge in [0.1, 0.15) is 17.6 Å². The summed E-state index contributed by atoms with van der Waals surface area (Å²) in [7, 11) is 4.64. The molecular weight excluding hydrogens is 346 g/mol. The Labute approximate surface area is 157 Å². The summed E-state index contributed by atoms with van der Waals surface area (Å²) in [4.78, 5) is 28.8. The lowest BCUT2D eigenvalue weighted by atomic mass is 10.2. The third-order valence-electron chi connectivity index (χ3n) is 4.98. The molecule has 0 atom stereocenters. The van der Waals surface area contributed by atoms with Crippen molar-refractivity contribution < 1.29 is 4.74 Å². The summed E-state index contributed by atoms with van der Waals surface area (Å²) >= 11 is 0. The largest absolute Gasteiger partial charge is 0.497 e. The van der Waals surface area contributed by atoms with Crippen LogP contribution in [0.1, 0.15) is 11.1 Å². The average molecular weight is 369 g/mol. The fourth-order valence-electron chi connectivity index (χ4n) is 3.41. The van der Waals surface area contributed by atoms with Crippen molar-refractivity contribution in [1.82, 2.24) is 14.0 Å². The predicted molar refractivity (Wildman–Crippen MR) is 102 cm³/mol. The highest BCUT2D eigenvalue weighted by Crippen LogP contribution is 2.19. The molecule has 0 spiro atoms. The van der Waals surface area contributed by atoms with E-state index in [0.717, 1.165) is 30.0 Å². The minimum absolute atomic E-state index is 0.0169. The lowest BCUT2D eigenvalue weighted by Gasteiger charge is -2.36. The van der Waals surface area contributed by atoms with Crippen molar-refractivity contribution in [2.45, 2.75) is 6.54 Å². The van der Waals surface area contributed by atoms with E-state index >= 15 is 0 Å². The van der Waals surface area contributed by atoms with Gasteiger partial charge in [-0.1, -0.05) is 12.1 Å². The summed E-state index contributed by atoms with van der Waals surface area (Å²) < 4.78 is 7.54. The maximum absolute atomic E-state index is 12.3. The highest BCUT2D eigenvalue weighted by Gasteiger charge is 2.24. The molecule has 0 aliphatic carbocycles. The molecule has 0 unspecified atom stereocenters. The molecular formula is C19H23N5O3. The molecule has 0 radical (unpaired) electrons. The topological polar surface area (TPSA) is 83.5 Å². The fraction of sp³-hybridized carbons (Fsp3) is 0.421. The zero-order valence-electron chi connectivity index (χ0n) is 15.8. The van der Waals surface area contributed by atoms with E-state index in [-0.39, 0.29) is 5.56 Å². The lowest BCUT2D eigenvalue weighted by molar-refractivity contribution is 0.248. The SMILES string of the molecule is COc1ccc(CN2CCN(c3c(C#N)c(=O)n(C)c(=O)n3C)CC2)cc1. The summed E-state index contributed by atoms with van der Waals surface area (Å²) in [6.45, 7) is 3.66. The number of nitriles is 1. The number of piperazine rings is 1. The van der Waals surface area contributed by atoms with E-state index in [4.69, 9.17) is 4.74 Å². The smallest absolute Gasteiger partial charge is 0.332 e. The monoisotopic (exact) mass is 369 g/mol. The third kappa shape index (κ3) is 3.59. The molecule has 2 heterocycles. The first-order valence-electron chi connectivity index (χ1n) is 8.76. The number of methoxy groups -OCH3 is 1. The molecule has 1 aliphatic heterocycles. The molecule has 1 aromatic heterocycles. The van der Waals surface area contributed by atoms with E-state index in [1.165, 1.54) is 17.2 Å². The van der Waals surface area contributed by atoms with E-state index in [1.54, 1.807) is 14.2 Å². The molecule has 3 rings (SSSR count). The molecule has 27 heavy (non-hydrogen) atoms. The van der Waals surface area contributed by atoms with Gasteiger partial charge in [-0.3, -0.25) is 18.8 Å². The molecule has 0 N–H and O–H groups in total. The summed E-state index contributed by atoms with van der Waals surface area (Å²) in [5, 5.41) is 9.43. The number of hydrogen-bond acceptors (Lipinski definition) is 6. The normalized spacial score (nSPS) is 14.8. The Hall–Kier alpha value is -3.05. The minimum Gasteiger partial charge on any atom is -0.497 e. The van der Waals surface area contributed by atoms with Crippen LogP contribution in [0.25, 0.3) is 0 Å². The van der Waals surface area contributed by atoms with Gasteiger partial charge in [0.25, 0.3) is 5.56 Å². The Kier molecular flexibility index (Phi) is 5.33. The third-order valence-corrected chi connectivity index (χ3v) is 4.98. The molecule has 1 saturated heterocycles. The molecule has 1 fully saturated rings. The standard InChI is InChI=1S/C19H23N5O3/c1-21-17(16(12-20)18(25)22(2)19(21)26)24-10-8-23(9-11-24)13-14-4-6-15(27-3)7-5-14/h4-7H,8-11,13H2,1-3H3. The average Bonchev–Trinajstić information content (AvgIpc) is 2.70. The Balaban J connectivity index is 1.75. The van der Waals surface area contributed by atoms with Crippen LogP contribution < -0.4 is 20.9 Å². The number of anilines is 1. The van der Waals surface area contributed by atoms with Crippen LogP contribution in [-0.2, 0) is 20.6 Å². The zero-order chi connectivity index (χ0) is 19.6. The second-order valence-electron chi connectivity index (χ2n) is 6.63. The second-order valence-corrected chi connectivity index (χ2v) is 6.63. The Morgan fingerprint density at radius 1 is 1.04 bits per heavy atom. The summed E-state index contributed by atoms with van der Waals surface area (Å²) in [6, 6.07) is 9.95. The van der Waals surface area contributed by atoms with Gasteiger partial charge in [-0.15, -0.1) is 0 Å². The Bertz CT molecular complexity index is 977. The van der Waals surface area contributed by atoms with Crippen molar-refractivity contribution in [2.24, 2.45) is 14.1 Å². The summed E-state index contributed by atoms with van der Waals surface area (Å²) in [5.74, 6) is 1.24. The number of benzene rings is 1. The van der Waals surface area contributed by atoms with Gasteiger partial charge in [-0.2, -0.15) is 5.26 Å². The van der Waals surface area contributed by atoms with Crippen LogP contribution in [0.15, 0.2) is 33.9 Å². The van der Waals surface area contributed by atoms with Crippen LogP contribution in [0.3, 0.4) is 0 Å². The minimum atomic E-state index is -0.545. The number of ether oxygens (including phenoxy) is 1. The van der Waals surface area contributed by atoms with Crippen molar-refractivity contribution in [1.29, 1.82) is 5.26 Å². The summed E-state index contributed by atoms with van der Waals surface area (Å²) in [5.41, 5.74) is 0.247. The van der Waals surface area contributed by atoms with Crippen molar-refractivity contribution >= 4 is 5.82 Å². The lowest BCUT2D eigenvalue weighted by Crippen LogP contribution is -2.50. The van der Waals surface area contributed by atoms with Crippen LogP contribution in [0.2, 0.25) is 0 Å². The number of rotatable bonds is 4. The maximum atomic E-state index is 12.3. The molecule has 1 aliphatic rings. The van der Waals surface area contributed by atoms with Gasteiger partial charge in [0.05, 0.1) is 7.11 Å². The molecule has 8 heteroatoms. The molecule has 0 amide bonds. The first-order valence-corrected chi connectivity index (χ1v) is 8.76. The van der Waals surface area contributed by atoms with E-state index < -0.39 is 11.2 Å². The van der Waals surface area contributed by atoms with E-state index in [0.29, 0.717) is 18.9 Å². The Morgan fingerprint density at radius 2 is 1.67 bits per heavy atom. The van der Waals surface area contributed by atoms with Crippen LogP contribution in [-0.4, -0.2) is 47.3 Å². The molecule has 8 nitrogen and oxygen atoms in total. The molecule has 1 aromatic carbocycles. The maximum Gasteiger partial charge on any atom is 0.332 e. The molecule has 0 bridgehead atoms. The van der Waals surface area contributed by atoms with Gasteiger partial charge >= 0.3 is 5.69 Å². The first-order chi connectivity index (χ1) is 13.0. The highest BCUT2D eigenvalue weighted by atomic mass is 16.5. The van der Waals surface area contributed by atoms with Crippen LogP contribution in [0.4, 0.5) is 5.82 Å². The van der Waals surface area contributed by atoms with Crippen molar-refractivity contribution in [2.75, 3.05) is 38.2 Å². The van der Waals surface area contributed by atoms with Crippen LogP contribution >= 0.6 is 0 Å². The molecule has 2 aromatic rings. The van der Waals surface area contributed by atoms with Crippen molar-refractivity contribution in [3.63, 3.8) is 0 Å². The predicted octanol–water partition coefficient (Wildman–Crippen LogP) is 0.286. The number of nitrogens with zero attached hydrogens (tertiary/aromatic N) is 5. The number of aromatic nitrogens is 2. The van der Waals surface area contributed by atoms with Gasteiger partial charge in [0, 0.05) is 46.8 Å². The molecule has 0 saturated carbocycles. The molecule has 142 valence electrons. The van der Waals surface area contributed by atoms with Crippen LogP contribution in [0, 0.1) is 11.3 Å². The van der Waals surface area contributed by atoms with E-state index in [2.05, 4.69) is 4.90 Å². The fourth-order valence-corrected chi connectivity index (χ4v) is 3.41. The first kappa shape index (κ1) is 18.7. The summed E-state index contributed by atoms with van der Waals surface area (Å²) in [6.07, 6.45) is 0. The van der Waals surface area contributed by atoms with E-state index in [1.807, 2.05) is 35.2 Å². The van der Waals surface area contributed by atoms with Crippen LogP contribution in [0.5, 0.6) is 5.75 Å². The van der Waals surface area contributed by atoms with Gasteiger partial charge in [0.15, 0.2) is 5.56 Å². The van der Waals surface area contributed by atoms with Gasteiger partial charge in [-0.25, -0.2) is 4.79 Å². The van der Waals surface area contributed by atoms with Crippen molar-refractivity contribution in [3.05, 3.63) is 56.2 Å². The quantitative estimate of drug-likeness (QED) is 0.770. The Morgan fingerprint density at radius 3 is 2.22 bits per heavy atom.